The fourth-order valence-corrected chi connectivity index (χ4v) is 4.75. The number of esters is 2. The minimum Gasteiger partial charge on any atom is -0.462 e. The third-order valence-corrected chi connectivity index (χ3v) is 7.00. The summed E-state index contributed by atoms with van der Waals surface area (Å²) in [5, 5.41) is 0. The maximum Gasteiger partial charge on any atom is 0.330 e. The van der Waals surface area contributed by atoms with Gasteiger partial charge in [-0.25, -0.2) is 4.79 Å². The van der Waals surface area contributed by atoms with Crippen molar-refractivity contribution in [1.29, 1.82) is 0 Å². The summed E-state index contributed by atoms with van der Waals surface area (Å²) < 4.78 is 10.9. The van der Waals surface area contributed by atoms with Crippen molar-refractivity contribution in [2.24, 2.45) is 11.8 Å². The lowest BCUT2D eigenvalue weighted by molar-refractivity contribution is -0.140. The van der Waals surface area contributed by atoms with E-state index in [1.807, 2.05) is 24.3 Å². The van der Waals surface area contributed by atoms with Crippen molar-refractivity contribution in [3.05, 3.63) is 72.3 Å². The van der Waals surface area contributed by atoms with Gasteiger partial charge in [0.2, 0.25) is 0 Å². The molecule has 2 aromatic rings. The summed E-state index contributed by atoms with van der Waals surface area (Å²) in [5.74, 6) is 0.668. The quantitative estimate of drug-likeness (QED) is 0.0806. The van der Waals surface area contributed by atoms with Gasteiger partial charge in [-0.1, -0.05) is 43.5 Å². The summed E-state index contributed by atoms with van der Waals surface area (Å²) in [7, 11) is 0. The van der Waals surface area contributed by atoms with Crippen LogP contribution >= 0.6 is 0 Å². The van der Waals surface area contributed by atoms with Gasteiger partial charge in [0.25, 0.3) is 0 Å². The molecule has 0 unspecified atom stereocenters. The van der Waals surface area contributed by atoms with Crippen LogP contribution in [0, 0.1) is 11.8 Å². The first-order valence-electron chi connectivity index (χ1n) is 13.4. The molecule has 1 saturated carbocycles. The number of unbranched alkanes of at least 4 members (excludes halogenated alkanes) is 3. The van der Waals surface area contributed by atoms with Crippen molar-refractivity contribution < 1.29 is 19.1 Å². The molecule has 1 fully saturated rings. The Labute approximate surface area is 220 Å². The zero-order valence-corrected chi connectivity index (χ0v) is 21.7. The summed E-state index contributed by atoms with van der Waals surface area (Å²) in [6.45, 7) is 4.00. The molecule has 1 aliphatic rings. The summed E-state index contributed by atoms with van der Waals surface area (Å²) >= 11 is 0. The lowest BCUT2D eigenvalue weighted by atomic mass is 9.80. The van der Waals surface area contributed by atoms with E-state index in [-0.39, 0.29) is 18.5 Å². The van der Waals surface area contributed by atoms with Crippen molar-refractivity contribution >= 4 is 29.4 Å². The van der Waals surface area contributed by atoms with E-state index >= 15 is 0 Å². The second kappa shape index (κ2) is 14.9. The number of rotatable bonds is 13. The van der Waals surface area contributed by atoms with Crippen LogP contribution in [0.5, 0.6) is 5.75 Å². The molecule has 6 nitrogen and oxygen atoms in total. The van der Waals surface area contributed by atoms with Crippen LogP contribution < -0.4 is 16.2 Å². The highest BCUT2D eigenvalue weighted by Gasteiger charge is 2.27. The molecule has 0 heterocycles. The molecular weight excluding hydrogens is 464 g/mol. The molecule has 6 heteroatoms. The van der Waals surface area contributed by atoms with Gasteiger partial charge in [-0.3, -0.25) is 4.79 Å². The van der Waals surface area contributed by atoms with Crippen molar-refractivity contribution in [2.75, 3.05) is 18.1 Å². The molecule has 0 aliphatic heterocycles. The molecule has 1 aliphatic carbocycles. The van der Waals surface area contributed by atoms with Gasteiger partial charge in [0.05, 0.1) is 12.5 Å². The predicted octanol–water partition coefficient (Wildman–Crippen LogP) is 6.50. The zero-order chi connectivity index (χ0) is 26.5. The normalized spacial score (nSPS) is 17.4. The lowest BCUT2D eigenvalue weighted by Gasteiger charge is -2.27. The molecule has 2 aromatic carbocycles. The van der Waals surface area contributed by atoms with E-state index in [4.69, 9.17) is 20.9 Å². The second-order valence-corrected chi connectivity index (χ2v) is 9.84. The number of hydrogen-bond acceptors (Lipinski definition) is 6. The highest BCUT2D eigenvalue weighted by molar-refractivity contribution is 5.87. The number of carbonyl (C=O) groups is 2. The summed E-state index contributed by atoms with van der Waals surface area (Å²) in [4.78, 5) is 24.6. The SMILES string of the molecule is C=CCCCCCC1CCC(C(=O)Oc2ccc(/C=C/C(=O)OCCc3ccc(N)cc3N)cc2)CC1. The van der Waals surface area contributed by atoms with E-state index in [1.165, 1.54) is 31.8 Å². The molecule has 198 valence electrons. The Kier molecular flexibility index (Phi) is 11.3. The first kappa shape index (κ1) is 28.0. The van der Waals surface area contributed by atoms with Gasteiger partial charge >= 0.3 is 11.9 Å². The van der Waals surface area contributed by atoms with Crippen LogP contribution in [-0.4, -0.2) is 18.5 Å². The Hall–Kier alpha value is -3.54. The average Bonchev–Trinajstić information content (AvgIpc) is 2.90. The van der Waals surface area contributed by atoms with E-state index in [9.17, 15) is 9.59 Å². The Balaban J connectivity index is 1.35. The van der Waals surface area contributed by atoms with Crippen LogP contribution in [0.1, 0.15) is 68.9 Å². The molecule has 0 atom stereocenters. The Bertz CT molecular complexity index is 1050. The van der Waals surface area contributed by atoms with Crippen molar-refractivity contribution in [3.8, 4) is 5.75 Å². The molecule has 0 saturated heterocycles. The third kappa shape index (κ3) is 9.79. The van der Waals surface area contributed by atoms with Gasteiger partial charge in [-0.15, -0.1) is 6.58 Å². The molecule has 0 radical (unpaired) electrons. The van der Waals surface area contributed by atoms with Gasteiger partial charge < -0.3 is 20.9 Å². The largest absolute Gasteiger partial charge is 0.462 e. The number of nitrogens with two attached hydrogens (primary N) is 2. The molecular formula is C31H40N2O4. The third-order valence-electron chi connectivity index (χ3n) is 7.00. The number of carbonyl (C=O) groups excluding carboxylic acids is 2. The Morgan fingerprint density at radius 1 is 0.973 bits per heavy atom. The van der Waals surface area contributed by atoms with E-state index in [0.717, 1.165) is 49.1 Å². The minimum absolute atomic E-state index is 0.0186. The summed E-state index contributed by atoms with van der Waals surface area (Å²) in [6.07, 6.45) is 15.7. The van der Waals surface area contributed by atoms with Gasteiger partial charge in [0, 0.05) is 23.9 Å². The number of allylic oxidation sites excluding steroid dienone is 1. The van der Waals surface area contributed by atoms with E-state index in [2.05, 4.69) is 6.58 Å². The highest BCUT2D eigenvalue weighted by Crippen LogP contribution is 2.33. The maximum atomic E-state index is 12.6. The van der Waals surface area contributed by atoms with Crippen molar-refractivity contribution in [3.63, 3.8) is 0 Å². The fraction of sp³-hybridized carbons (Fsp3) is 0.419. The second-order valence-electron chi connectivity index (χ2n) is 9.84. The highest BCUT2D eigenvalue weighted by atomic mass is 16.5. The molecule has 0 amide bonds. The fourth-order valence-electron chi connectivity index (χ4n) is 4.75. The topological polar surface area (TPSA) is 105 Å². The molecule has 0 spiro atoms. The van der Waals surface area contributed by atoms with E-state index in [0.29, 0.717) is 23.5 Å². The van der Waals surface area contributed by atoms with Gasteiger partial charge in [0.15, 0.2) is 0 Å². The van der Waals surface area contributed by atoms with Crippen LogP contribution in [0.25, 0.3) is 6.08 Å². The maximum absolute atomic E-state index is 12.6. The molecule has 0 bridgehead atoms. The molecule has 37 heavy (non-hydrogen) atoms. The lowest BCUT2D eigenvalue weighted by Crippen LogP contribution is -2.25. The van der Waals surface area contributed by atoms with E-state index in [1.54, 1.807) is 30.3 Å². The van der Waals surface area contributed by atoms with Crippen LogP contribution in [-0.2, 0) is 20.7 Å². The predicted molar refractivity (Wildman–Crippen MR) is 150 cm³/mol. The number of anilines is 2. The molecule has 4 N–H and O–H groups in total. The monoisotopic (exact) mass is 504 g/mol. The van der Waals surface area contributed by atoms with Gasteiger partial charge in [0.1, 0.15) is 5.75 Å². The number of benzene rings is 2. The van der Waals surface area contributed by atoms with Crippen LogP contribution in [0.2, 0.25) is 0 Å². The van der Waals surface area contributed by atoms with Crippen molar-refractivity contribution in [1.82, 2.24) is 0 Å². The van der Waals surface area contributed by atoms with Crippen molar-refractivity contribution in [2.45, 2.75) is 64.2 Å². The summed E-state index contributed by atoms with van der Waals surface area (Å²) in [6, 6.07) is 12.4. The smallest absolute Gasteiger partial charge is 0.330 e. The first-order chi connectivity index (χ1) is 17.9. The Morgan fingerprint density at radius 3 is 2.43 bits per heavy atom. The number of hydrogen-bond donors (Lipinski definition) is 2. The minimum atomic E-state index is -0.433. The van der Waals surface area contributed by atoms with Crippen LogP contribution in [0.3, 0.4) is 0 Å². The first-order valence-corrected chi connectivity index (χ1v) is 13.4. The Morgan fingerprint density at radius 2 is 1.73 bits per heavy atom. The average molecular weight is 505 g/mol. The molecule has 3 rings (SSSR count). The van der Waals surface area contributed by atoms with Gasteiger partial charge in [-0.05, 0) is 85.9 Å². The number of ether oxygens (including phenoxy) is 2. The van der Waals surface area contributed by atoms with E-state index < -0.39 is 5.97 Å². The van der Waals surface area contributed by atoms with Crippen LogP contribution in [0.15, 0.2) is 61.2 Å². The zero-order valence-electron chi connectivity index (χ0n) is 21.7. The standard InChI is InChI=1S/C31H40N2O4/c1-2-3-4-5-6-7-23-8-13-26(14-9-23)31(35)37-28-17-10-24(11-18-28)12-19-30(34)36-21-20-25-15-16-27(32)22-29(25)33/h2,10-12,15-19,22-23,26H,1,3-9,13-14,20-21,32-33H2/b19-12+. The van der Waals surface area contributed by atoms with Gasteiger partial charge in [-0.2, -0.15) is 0 Å². The van der Waals surface area contributed by atoms with Crippen LogP contribution in [0.4, 0.5) is 11.4 Å². The number of nitrogen functional groups attached to an aromatic ring is 2. The molecule has 0 aromatic heterocycles. The summed E-state index contributed by atoms with van der Waals surface area (Å²) in [5.41, 5.74) is 14.5.